The van der Waals surface area contributed by atoms with Gasteiger partial charge in [-0.25, -0.2) is 9.59 Å². The van der Waals surface area contributed by atoms with E-state index in [1.165, 1.54) is 0 Å². The number of hydrogen-bond acceptors (Lipinski definition) is 8. The number of rotatable bonds is 6. The van der Waals surface area contributed by atoms with Gasteiger partial charge in [0.25, 0.3) is 11.8 Å². The minimum atomic E-state index is -2.16. The highest BCUT2D eigenvalue weighted by Gasteiger charge is 2.66. The molecule has 2 bridgehead atoms. The van der Waals surface area contributed by atoms with Crippen LogP contribution in [-0.2, 0) is 29.5 Å². The Morgan fingerprint density at radius 3 is 2.30 bits per heavy atom. The number of para-hydroxylation sites is 2. The van der Waals surface area contributed by atoms with Crippen molar-refractivity contribution >= 4 is 67.4 Å². The third-order valence-electron chi connectivity index (χ3n) is 9.03. The van der Waals surface area contributed by atoms with Gasteiger partial charge in [-0.15, -0.1) is 0 Å². The molecule has 2 aromatic heterocycles. The SMILES string of the molecule is C=CC(=O)OCCCOC(=O)[C@@]1(O)CC2O[C@]1(C)n1c3ccccc3c3c4c(c5c6ccccc6n2c5c31)C(=O)NC4=O. The van der Waals surface area contributed by atoms with Gasteiger partial charge >= 0.3 is 11.9 Å². The number of aromatic nitrogens is 2. The van der Waals surface area contributed by atoms with Gasteiger partial charge < -0.3 is 28.5 Å². The van der Waals surface area contributed by atoms with Crippen molar-refractivity contribution in [2.24, 2.45) is 0 Å². The second-order valence-corrected chi connectivity index (χ2v) is 11.2. The number of amides is 2. The van der Waals surface area contributed by atoms with Crippen molar-refractivity contribution in [1.82, 2.24) is 14.5 Å². The normalized spacial score (nSPS) is 23.7. The Balaban J connectivity index is 1.40. The Morgan fingerprint density at radius 1 is 1.00 bits per heavy atom. The smallest absolute Gasteiger partial charge is 0.343 e. The molecule has 2 amide bonds. The van der Waals surface area contributed by atoms with Crippen molar-refractivity contribution in [3.05, 3.63) is 72.3 Å². The Labute approximate surface area is 243 Å². The Hall–Kier alpha value is -5.00. The van der Waals surface area contributed by atoms with E-state index < -0.39 is 41.3 Å². The molecule has 3 aliphatic rings. The van der Waals surface area contributed by atoms with E-state index in [1.54, 1.807) is 11.5 Å². The number of fused-ring (bicyclic) bond motifs is 13. The zero-order chi connectivity index (χ0) is 29.8. The summed E-state index contributed by atoms with van der Waals surface area (Å²) in [5, 5.41) is 17.4. The predicted octanol–water partition coefficient (Wildman–Crippen LogP) is 3.78. The number of carbonyl (C=O) groups is 4. The molecule has 2 N–H and O–H groups in total. The number of hydrogen-bond donors (Lipinski definition) is 2. The average molecular weight is 580 g/mol. The van der Waals surface area contributed by atoms with Crippen LogP contribution in [0.2, 0.25) is 0 Å². The molecule has 1 unspecified atom stereocenters. The summed E-state index contributed by atoms with van der Waals surface area (Å²) in [6.45, 7) is 4.91. The van der Waals surface area contributed by atoms with E-state index in [9.17, 15) is 24.3 Å². The molecule has 5 heterocycles. The first-order valence-corrected chi connectivity index (χ1v) is 14.0. The fourth-order valence-corrected chi connectivity index (χ4v) is 7.22. The van der Waals surface area contributed by atoms with E-state index in [0.717, 1.165) is 17.0 Å². The molecule has 216 valence electrons. The molecular formula is C32H25N3O8. The number of ether oxygens (including phenoxy) is 3. The van der Waals surface area contributed by atoms with Crippen LogP contribution in [0.3, 0.4) is 0 Å². The molecule has 11 nitrogen and oxygen atoms in total. The molecule has 5 aromatic rings. The number of nitrogens with one attached hydrogen (secondary N) is 1. The van der Waals surface area contributed by atoms with Crippen molar-refractivity contribution < 1.29 is 38.5 Å². The maximum atomic E-state index is 13.8. The second-order valence-electron chi connectivity index (χ2n) is 11.2. The molecule has 3 aromatic carbocycles. The van der Waals surface area contributed by atoms with Crippen LogP contribution in [0.15, 0.2) is 61.2 Å². The van der Waals surface area contributed by atoms with Crippen LogP contribution in [-0.4, -0.2) is 56.8 Å². The maximum Gasteiger partial charge on any atom is 0.343 e. The Morgan fingerprint density at radius 2 is 1.60 bits per heavy atom. The minimum absolute atomic E-state index is 0.0163. The zero-order valence-corrected chi connectivity index (χ0v) is 23.0. The highest BCUT2D eigenvalue weighted by Crippen LogP contribution is 2.57. The third kappa shape index (κ3) is 3.05. The average Bonchev–Trinajstić information content (AvgIpc) is 3.67. The molecule has 3 aliphatic heterocycles. The van der Waals surface area contributed by atoms with Crippen LogP contribution in [0.25, 0.3) is 43.6 Å². The van der Waals surface area contributed by atoms with Crippen molar-refractivity contribution in [2.45, 2.75) is 37.3 Å². The molecule has 3 atom stereocenters. The molecule has 0 radical (unpaired) electrons. The highest BCUT2D eigenvalue weighted by molar-refractivity contribution is 6.39. The lowest BCUT2D eigenvalue weighted by Gasteiger charge is -2.37. The molecule has 0 aliphatic carbocycles. The van der Waals surface area contributed by atoms with Gasteiger partial charge in [-0.2, -0.15) is 0 Å². The summed E-state index contributed by atoms with van der Waals surface area (Å²) < 4.78 is 20.9. The largest absolute Gasteiger partial charge is 0.463 e. The quantitative estimate of drug-likeness (QED) is 0.134. The molecule has 0 saturated carbocycles. The van der Waals surface area contributed by atoms with Gasteiger partial charge in [-0.3, -0.25) is 14.9 Å². The van der Waals surface area contributed by atoms with E-state index in [2.05, 4.69) is 11.9 Å². The van der Waals surface area contributed by atoms with Crippen molar-refractivity contribution in [1.29, 1.82) is 0 Å². The second kappa shape index (κ2) is 8.52. The van der Waals surface area contributed by atoms with E-state index in [4.69, 9.17) is 14.2 Å². The number of carbonyl (C=O) groups excluding carboxylic acids is 4. The predicted molar refractivity (Wildman–Crippen MR) is 154 cm³/mol. The monoisotopic (exact) mass is 579 g/mol. The Kier molecular flexibility index (Phi) is 5.09. The first-order valence-electron chi connectivity index (χ1n) is 14.0. The molecule has 1 fully saturated rings. The maximum absolute atomic E-state index is 13.8. The molecule has 1 saturated heterocycles. The lowest BCUT2D eigenvalue weighted by molar-refractivity contribution is -0.205. The van der Waals surface area contributed by atoms with Crippen molar-refractivity contribution in [2.75, 3.05) is 13.2 Å². The lowest BCUT2D eigenvalue weighted by Crippen LogP contribution is -2.56. The van der Waals surface area contributed by atoms with Crippen LogP contribution in [0, 0.1) is 0 Å². The van der Waals surface area contributed by atoms with Crippen molar-refractivity contribution in [3.63, 3.8) is 0 Å². The number of aliphatic hydroxyl groups is 1. The third-order valence-corrected chi connectivity index (χ3v) is 9.03. The zero-order valence-electron chi connectivity index (χ0n) is 23.0. The molecule has 8 rings (SSSR count). The molecular weight excluding hydrogens is 554 g/mol. The van der Waals surface area contributed by atoms with Gasteiger partial charge in [0.15, 0.2) is 5.72 Å². The fourth-order valence-electron chi connectivity index (χ4n) is 7.22. The van der Waals surface area contributed by atoms with Gasteiger partial charge in [0, 0.05) is 40.5 Å². The van der Waals surface area contributed by atoms with Gasteiger partial charge in [-0.05, 0) is 19.1 Å². The summed E-state index contributed by atoms with van der Waals surface area (Å²) in [6, 6.07) is 14.8. The molecule has 43 heavy (non-hydrogen) atoms. The van der Waals surface area contributed by atoms with Gasteiger partial charge in [0.1, 0.15) is 6.23 Å². The van der Waals surface area contributed by atoms with E-state index in [-0.39, 0.29) is 31.6 Å². The number of esters is 2. The lowest BCUT2D eigenvalue weighted by atomic mass is 9.88. The first-order chi connectivity index (χ1) is 20.7. The van der Waals surface area contributed by atoms with E-state index >= 15 is 0 Å². The summed E-state index contributed by atoms with van der Waals surface area (Å²) in [7, 11) is 0. The van der Waals surface area contributed by atoms with Gasteiger partial charge in [-0.1, -0.05) is 43.0 Å². The Bertz CT molecular complexity index is 2140. The highest BCUT2D eigenvalue weighted by atomic mass is 16.6. The van der Waals surface area contributed by atoms with E-state index in [1.807, 2.05) is 53.1 Å². The fraction of sp³-hybridized carbons (Fsp3) is 0.250. The van der Waals surface area contributed by atoms with Crippen LogP contribution >= 0.6 is 0 Å². The van der Waals surface area contributed by atoms with Crippen molar-refractivity contribution in [3.8, 4) is 0 Å². The topological polar surface area (TPSA) is 138 Å². The number of benzene rings is 3. The minimum Gasteiger partial charge on any atom is -0.463 e. The molecule has 0 spiro atoms. The van der Waals surface area contributed by atoms with Crippen LogP contribution in [0.5, 0.6) is 0 Å². The summed E-state index contributed by atoms with van der Waals surface area (Å²) >= 11 is 0. The summed E-state index contributed by atoms with van der Waals surface area (Å²) in [6.07, 6.45) is 0.307. The van der Waals surface area contributed by atoms with Crippen LogP contribution in [0.4, 0.5) is 0 Å². The number of imide groups is 1. The van der Waals surface area contributed by atoms with Gasteiger partial charge in [0.2, 0.25) is 5.60 Å². The number of nitrogens with zero attached hydrogens (tertiary/aromatic N) is 2. The first kappa shape index (κ1) is 25.7. The van der Waals surface area contributed by atoms with Crippen LogP contribution in [0.1, 0.15) is 46.7 Å². The summed E-state index contributed by atoms with van der Waals surface area (Å²) in [5.74, 6) is -2.44. The standard InChI is InChI=1S/C32H25N3O8/c1-3-21(36)41-13-8-14-42-30(39)32(40)15-20-34-18-11-6-4-9-16(18)22-24-25(29(38)33-28(24)37)23-17-10-5-7-12-19(17)35(27(23)26(22)34)31(32,2)43-20/h3-7,9-12,20,40H,1,8,13-15H2,2H3,(H,33,37,38)/t20?,31-,32-/m0/s1. The summed E-state index contributed by atoms with van der Waals surface area (Å²) in [4.78, 5) is 51.9. The van der Waals surface area contributed by atoms with Crippen LogP contribution < -0.4 is 5.32 Å². The molecule has 11 heteroatoms. The van der Waals surface area contributed by atoms with E-state index in [0.29, 0.717) is 38.3 Å². The van der Waals surface area contributed by atoms with Gasteiger partial charge in [0.05, 0.1) is 46.4 Å². The summed E-state index contributed by atoms with van der Waals surface area (Å²) in [5.41, 5.74) is -0.669.